The first-order chi connectivity index (χ1) is 10.2. The standard InChI is InChI=1S/C18H26N2O/c19-12-7-15-5-1-2-6-16(15)17(21)20-13-10-18(11-14-20)8-3-4-9-18/h1-2,5-6H,3-4,7-14,19H2. The maximum Gasteiger partial charge on any atom is 0.254 e. The van der Waals surface area contributed by atoms with Crippen molar-refractivity contribution in [2.24, 2.45) is 11.1 Å². The Balaban J connectivity index is 1.69. The first kappa shape index (κ1) is 14.6. The first-order valence-corrected chi connectivity index (χ1v) is 8.31. The van der Waals surface area contributed by atoms with Crippen molar-refractivity contribution >= 4 is 5.91 Å². The number of hydrogen-bond acceptors (Lipinski definition) is 2. The molecule has 21 heavy (non-hydrogen) atoms. The molecule has 1 heterocycles. The molecule has 0 atom stereocenters. The predicted molar refractivity (Wildman–Crippen MR) is 85.2 cm³/mol. The number of likely N-dealkylation sites (tertiary alicyclic amines) is 1. The van der Waals surface area contributed by atoms with Gasteiger partial charge in [0.15, 0.2) is 0 Å². The van der Waals surface area contributed by atoms with Gasteiger partial charge in [-0.05, 0) is 55.7 Å². The fraction of sp³-hybridized carbons (Fsp3) is 0.611. The minimum atomic E-state index is 0.201. The summed E-state index contributed by atoms with van der Waals surface area (Å²) in [5, 5.41) is 0. The van der Waals surface area contributed by atoms with E-state index in [0.717, 1.165) is 30.6 Å². The lowest BCUT2D eigenvalue weighted by Crippen LogP contribution is -2.42. The van der Waals surface area contributed by atoms with Gasteiger partial charge < -0.3 is 10.6 Å². The molecule has 1 aromatic rings. The minimum Gasteiger partial charge on any atom is -0.339 e. The zero-order chi connectivity index (χ0) is 14.7. The maximum atomic E-state index is 12.8. The third kappa shape index (κ3) is 2.98. The van der Waals surface area contributed by atoms with Crippen LogP contribution in [0.3, 0.4) is 0 Å². The summed E-state index contributed by atoms with van der Waals surface area (Å²) in [4.78, 5) is 14.8. The van der Waals surface area contributed by atoms with Gasteiger partial charge in [-0.2, -0.15) is 0 Å². The monoisotopic (exact) mass is 286 g/mol. The molecule has 3 heteroatoms. The van der Waals surface area contributed by atoms with Crippen molar-refractivity contribution in [1.82, 2.24) is 4.90 Å². The Morgan fingerprint density at radius 2 is 1.76 bits per heavy atom. The molecule has 1 aliphatic heterocycles. The lowest BCUT2D eigenvalue weighted by atomic mass is 9.77. The number of nitrogens with two attached hydrogens (primary N) is 1. The highest BCUT2D eigenvalue weighted by Gasteiger charge is 2.38. The summed E-state index contributed by atoms with van der Waals surface area (Å²) in [6.45, 7) is 2.44. The summed E-state index contributed by atoms with van der Waals surface area (Å²) in [5.41, 5.74) is 8.17. The Morgan fingerprint density at radius 1 is 1.10 bits per heavy atom. The van der Waals surface area contributed by atoms with Gasteiger partial charge in [-0.25, -0.2) is 0 Å². The lowest BCUT2D eigenvalue weighted by molar-refractivity contribution is 0.0586. The number of benzene rings is 1. The van der Waals surface area contributed by atoms with Crippen molar-refractivity contribution < 1.29 is 4.79 Å². The zero-order valence-electron chi connectivity index (χ0n) is 12.8. The third-order valence-electron chi connectivity index (χ3n) is 5.44. The molecule has 3 rings (SSSR count). The van der Waals surface area contributed by atoms with Gasteiger partial charge in [0.05, 0.1) is 0 Å². The summed E-state index contributed by atoms with van der Waals surface area (Å²) in [5.74, 6) is 0.201. The molecule has 2 N–H and O–H groups in total. The van der Waals surface area contributed by atoms with Crippen LogP contribution in [-0.2, 0) is 6.42 Å². The van der Waals surface area contributed by atoms with Gasteiger partial charge in [0.2, 0.25) is 0 Å². The average molecular weight is 286 g/mol. The van der Waals surface area contributed by atoms with Crippen molar-refractivity contribution in [2.75, 3.05) is 19.6 Å². The van der Waals surface area contributed by atoms with Crippen LogP contribution < -0.4 is 5.73 Å². The molecule has 0 unspecified atom stereocenters. The SMILES string of the molecule is NCCc1ccccc1C(=O)N1CCC2(CCCC2)CC1. The van der Waals surface area contributed by atoms with E-state index >= 15 is 0 Å². The van der Waals surface area contributed by atoms with Gasteiger partial charge in [-0.15, -0.1) is 0 Å². The normalized spacial score (nSPS) is 20.9. The summed E-state index contributed by atoms with van der Waals surface area (Å²) in [6.07, 6.45) is 8.67. The number of amides is 1. The van der Waals surface area contributed by atoms with Crippen LogP contribution in [0.25, 0.3) is 0 Å². The van der Waals surface area contributed by atoms with Crippen LogP contribution in [0.1, 0.15) is 54.4 Å². The molecule has 0 radical (unpaired) electrons. The second-order valence-electron chi connectivity index (χ2n) is 6.70. The number of hydrogen-bond donors (Lipinski definition) is 1. The molecule has 114 valence electrons. The topological polar surface area (TPSA) is 46.3 Å². The largest absolute Gasteiger partial charge is 0.339 e. The number of rotatable bonds is 3. The maximum absolute atomic E-state index is 12.8. The summed E-state index contributed by atoms with van der Waals surface area (Å²) >= 11 is 0. The van der Waals surface area contributed by atoms with Crippen LogP contribution in [-0.4, -0.2) is 30.4 Å². The van der Waals surface area contributed by atoms with Crippen LogP contribution in [0.15, 0.2) is 24.3 Å². The Morgan fingerprint density at radius 3 is 2.43 bits per heavy atom. The predicted octanol–water partition coefficient (Wildman–Crippen LogP) is 2.98. The molecule has 1 aromatic carbocycles. The van der Waals surface area contributed by atoms with Crippen molar-refractivity contribution in [3.05, 3.63) is 35.4 Å². The van der Waals surface area contributed by atoms with E-state index in [2.05, 4.69) is 4.90 Å². The quantitative estimate of drug-likeness (QED) is 0.928. The van der Waals surface area contributed by atoms with E-state index in [1.165, 1.54) is 38.5 Å². The third-order valence-corrected chi connectivity index (χ3v) is 5.44. The molecule has 0 aromatic heterocycles. The number of carbonyl (C=O) groups is 1. The zero-order valence-corrected chi connectivity index (χ0v) is 12.8. The molecule has 1 saturated heterocycles. The number of carbonyl (C=O) groups excluding carboxylic acids is 1. The summed E-state index contributed by atoms with van der Waals surface area (Å²) < 4.78 is 0. The van der Waals surface area contributed by atoms with Crippen LogP contribution in [0.4, 0.5) is 0 Å². The number of piperidine rings is 1. The van der Waals surface area contributed by atoms with Crippen LogP contribution in [0, 0.1) is 5.41 Å². The van der Waals surface area contributed by atoms with E-state index in [1.807, 2.05) is 24.3 Å². The molecular formula is C18H26N2O. The Hall–Kier alpha value is -1.35. The van der Waals surface area contributed by atoms with Crippen molar-refractivity contribution in [1.29, 1.82) is 0 Å². The Bertz CT molecular complexity index is 496. The molecule has 0 bridgehead atoms. The van der Waals surface area contributed by atoms with Gasteiger partial charge in [-0.3, -0.25) is 4.79 Å². The van der Waals surface area contributed by atoms with E-state index in [9.17, 15) is 4.79 Å². The molecule has 3 nitrogen and oxygen atoms in total. The molecule has 1 spiro atoms. The first-order valence-electron chi connectivity index (χ1n) is 8.31. The summed E-state index contributed by atoms with van der Waals surface area (Å²) in [7, 11) is 0. The van der Waals surface area contributed by atoms with E-state index in [1.54, 1.807) is 0 Å². The van der Waals surface area contributed by atoms with Gasteiger partial charge in [0.25, 0.3) is 5.91 Å². The minimum absolute atomic E-state index is 0.201. The average Bonchev–Trinajstić information content (AvgIpc) is 2.97. The van der Waals surface area contributed by atoms with E-state index < -0.39 is 0 Å². The lowest BCUT2D eigenvalue weighted by Gasteiger charge is -2.39. The Kier molecular flexibility index (Phi) is 4.29. The van der Waals surface area contributed by atoms with E-state index in [0.29, 0.717) is 12.0 Å². The molecule has 1 amide bonds. The fourth-order valence-corrected chi connectivity index (χ4v) is 4.08. The summed E-state index contributed by atoms with van der Waals surface area (Å²) in [6, 6.07) is 7.93. The number of nitrogens with zero attached hydrogens (tertiary/aromatic N) is 1. The smallest absolute Gasteiger partial charge is 0.254 e. The van der Waals surface area contributed by atoms with E-state index in [-0.39, 0.29) is 5.91 Å². The molecule has 2 aliphatic rings. The van der Waals surface area contributed by atoms with Crippen molar-refractivity contribution in [2.45, 2.75) is 44.9 Å². The second-order valence-corrected chi connectivity index (χ2v) is 6.70. The van der Waals surface area contributed by atoms with Crippen LogP contribution in [0.2, 0.25) is 0 Å². The Labute approximate surface area is 127 Å². The highest BCUT2D eigenvalue weighted by Crippen LogP contribution is 2.46. The highest BCUT2D eigenvalue weighted by atomic mass is 16.2. The van der Waals surface area contributed by atoms with Crippen molar-refractivity contribution in [3.8, 4) is 0 Å². The van der Waals surface area contributed by atoms with Crippen LogP contribution >= 0.6 is 0 Å². The van der Waals surface area contributed by atoms with Gasteiger partial charge in [0.1, 0.15) is 0 Å². The van der Waals surface area contributed by atoms with Crippen LogP contribution in [0.5, 0.6) is 0 Å². The van der Waals surface area contributed by atoms with Gasteiger partial charge in [0, 0.05) is 18.7 Å². The van der Waals surface area contributed by atoms with Gasteiger partial charge >= 0.3 is 0 Å². The molecule has 1 aliphatic carbocycles. The molecule has 1 saturated carbocycles. The second kappa shape index (κ2) is 6.18. The highest BCUT2D eigenvalue weighted by molar-refractivity contribution is 5.95. The molecule has 2 fully saturated rings. The van der Waals surface area contributed by atoms with E-state index in [4.69, 9.17) is 5.73 Å². The molecular weight excluding hydrogens is 260 g/mol. The fourth-order valence-electron chi connectivity index (χ4n) is 4.08. The van der Waals surface area contributed by atoms with Crippen molar-refractivity contribution in [3.63, 3.8) is 0 Å². The van der Waals surface area contributed by atoms with Gasteiger partial charge in [-0.1, -0.05) is 31.0 Å².